The zero-order chi connectivity index (χ0) is 11.5. The van der Waals surface area contributed by atoms with E-state index in [1.54, 1.807) is 18.2 Å². The quantitative estimate of drug-likeness (QED) is 0.719. The van der Waals surface area contributed by atoms with Gasteiger partial charge in [0.25, 0.3) is 0 Å². The molecule has 0 unspecified atom stereocenters. The van der Waals surface area contributed by atoms with Crippen LogP contribution in [0.1, 0.15) is 11.1 Å². The van der Waals surface area contributed by atoms with Crippen LogP contribution in [0.4, 0.5) is 0 Å². The summed E-state index contributed by atoms with van der Waals surface area (Å²) in [5.74, 6) is 0. The van der Waals surface area contributed by atoms with Gasteiger partial charge >= 0.3 is 0 Å². The third-order valence-electron chi connectivity index (χ3n) is 1.85. The first-order chi connectivity index (χ1) is 6.95. The summed E-state index contributed by atoms with van der Waals surface area (Å²) in [6.45, 7) is 3.67. The van der Waals surface area contributed by atoms with Crippen LogP contribution in [0.3, 0.4) is 0 Å². The van der Waals surface area contributed by atoms with Gasteiger partial charge in [-0.2, -0.15) is 5.26 Å². The average molecular weight is 221 g/mol. The average Bonchev–Trinajstić information content (AvgIpc) is 2.13. The van der Waals surface area contributed by atoms with Crippen molar-refractivity contribution >= 4 is 9.84 Å². The Morgan fingerprint density at radius 1 is 1.20 bits per heavy atom. The molecule has 0 bridgehead atoms. The van der Waals surface area contributed by atoms with Crippen molar-refractivity contribution in [2.24, 2.45) is 0 Å². The molecule has 0 N–H and O–H groups in total. The lowest BCUT2D eigenvalue weighted by molar-refractivity contribution is 0.604. The topological polar surface area (TPSA) is 57.9 Å². The molecule has 0 aliphatic rings. The van der Waals surface area contributed by atoms with E-state index in [-0.39, 0.29) is 4.90 Å². The summed E-state index contributed by atoms with van der Waals surface area (Å²) in [4.78, 5) is 0.228. The molecular formula is C11H11NO2S. The van der Waals surface area contributed by atoms with Gasteiger partial charge in [0.05, 0.1) is 11.0 Å². The van der Waals surface area contributed by atoms with E-state index in [0.717, 1.165) is 22.6 Å². The van der Waals surface area contributed by atoms with E-state index in [1.807, 2.05) is 19.9 Å². The van der Waals surface area contributed by atoms with Crippen molar-refractivity contribution in [3.8, 4) is 6.07 Å². The summed E-state index contributed by atoms with van der Waals surface area (Å²) >= 11 is 0. The summed E-state index contributed by atoms with van der Waals surface area (Å²) in [6.07, 6.45) is 0.965. The molecule has 0 heterocycles. The minimum Gasteiger partial charge on any atom is -0.219 e. The summed E-state index contributed by atoms with van der Waals surface area (Å²) in [5, 5.41) is 9.20. The van der Waals surface area contributed by atoms with E-state index in [9.17, 15) is 8.42 Å². The Hall–Kier alpha value is -1.60. The second-order valence-electron chi connectivity index (χ2n) is 3.30. The smallest absolute Gasteiger partial charge is 0.200 e. The number of hydrogen-bond donors (Lipinski definition) is 0. The summed E-state index contributed by atoms with van der Waals surface area (Å²) in [6, 6.07) is 6.73. The Balaban J connectivity index is 3.29. The van der Waals surface area contributed by atoms with E-state index in [1.165, 1.54) is 0 Å². The highest BCUT2D eigenvalue weighted by Gasteiger charge is 2.10. The Morgan fingerprint density at radius 3 is 2.20 bits per heavy atom. The standard InChI is InChI=1S/C11H11NO2S/c1-9-6-10(2)8-11(7-9)15(13,14)5-3-4-12/h3,5-8H,1-2H3/b5-3+. The maximum Gasteiger partial charge on any atom is 0.200 e. The predicted octanol–water partition coefficient (Wildman–Crippen LogP) is 2.11. The largest absolute Gasteiger partial charge is 0.219 e. The first-order valence-corrected chi connectivity index (χ1v) is 5.90. The molecule has 3 nitrogen and oxygen atoms in total. The van der Waals surface area contributed by atoms with E-state index >= 15 is 0 Å². The van der Waals surface area contributed by atoms with Gasteiger partial charge in [-0.05, 0) is 37.1 Å². The van der Waals surface area contributed by atoms with E-state index < -0.39 is 9.84 Å². The van der Waals surface area contributed by atoms with Crippen molar-refractivity contribution in [2.45, 2.75) is 18.7 Å². The molecule has 0 amide bonds. The van der Waals surface area contributed by atoms with E-state index in [0.29, 0.717) is 0 Å². The summed E-state index contributed by atoms with van der Waals surface area (Å²) in [7, 11) is -3.47. The van der Waals surface area contributed by atoms with Crippen LogP contribution < -0.4 is 0 Å². The van der Waals surface area contributed by atoms with Gasteiger partial charge in [-0.3, -0.25) is 0 Å². The fraction of sp³-hybridized carbons (Fsp3) is 0.182. The molecule has 0 saturated carbocycles. The first kappa shape index (κ1) is 11.5. The van der Waals surface area contributed by atoms with Crippen LogP contribution in [-0.2, 0) is 9.84 Å². The van der Waals surface area contributed by atoms with Gasteiger partial charge in [-0.1, -0.05) is 6.07 Å². The van der Waals surface area contributed by atoms with Crippen LogP contribution in [0.5, 0.6) is 0 Å². The van der Waals surface area contributed by atoms with E-state index in [2.05, 4.69) is 0 Å². The minimum atomic E-state index is -3.47. The number of rotatable bonds is 2. The third-order valence-corrected chi connectivity index (χ3v) is 3.23. The van der Waals surface area contributed by atoms with Gasteiger partial charge in [0.2, 0.25) is 9.84 Å². The third kappa shape index (κ3) is 2.93. The highest BCUT2D eigenvalue weighted by molar-refractivity contribution is 7.94. The monoisotopic (exact) mass is 221 g/mol. The molecule has 0 spiro atoms. The SMILES string of the molecule is Cc1cc(C)cc(S(=O)(=O)/C=C/C#N)c1. The Labute approximate surface area is 89.6 Å². The van der Waals surface area contributed by atoms with Gasteiger partial charge in [0.1, 0.15) is 0 Å². The van der Waals surface area contributed by atoms with Crippen molar-refractivity contribution in [2.75, 3.05) is 0 Å². The van der Waals surface area contributed by atoms with Crippen LogP contribution in [0.2, 0.25) is 0 Å². The minimum absolute atomic E-state index is 0.228. The number of sulfone groups is 1. The van der Waals surface area contributed by atoms with Crippen LogP contribution in [0.25, 0.3) is 0 Å². The fourth-order valence-corrected chi connectivity index (χ4v) is 2.39. The van der Waals surface area contributed by atoms with Crippen molar-refractivity contribution in [1.29, 1.82) is 5.26 Å². The van der Waals surface area contributed by atoms with Crippen molar-refractivity contribution < 1.29 is 8.42 Å². The molecule has 0 saturated heterocycles. The van der Waals surface area contributed by atoms with Crippen molar-refractivity contribution in [1.82, 2.24) is 0 Å². The molecule has 1 aromatic carbocycles. The lowest BCUT2D eigenvalue weighted by Gasteiger charge is -2.02. The van der Waals surface area contributed by atoms with E-state index in [4.69, 9.17) is 5.26 Å². The summed E-state index contributed by atoms with van der Waals surface area (Å²) < 4.78 is 23.3. The molecule has 78 valence electrons. The molecule has 0 aliphatic carbocycles. The lowest BCUT2D eigenvalue weighted by atomic mass is 10.2. The number of aryl methyl sites for hydroxylation is 2. The molecule has 0 aromatic heterocycles. The van der Waals surface area contributed by atoms with Gasteiger partial charge in [-0.15, -0.1) is 0 Å². The highest BCUT2D eigenvalue weighted by Crippen LogP contribution is 2.16. The molecule has 15 heavy (non-hydrogen) atoms. The van der Waals surface area contributed by atoms with Crippen LogP contribution in [0, 0.1) is 25.2 Å². The molecule has 4 heteroatoms. The lowest BCUT2D eigenvalue weighted by Crippen LogP contribution is -1.97. The molecule has 1 rings (SSSR count). The molecule has 0 radical (unpaired) electrons. The normalized spacial score (nSPS) is 11.5. The van der Waals surface area contributed by atoms with Gasteiger partial charge in [0.15, 0.2) is 0 Å². The van der Waals surface area contributed by atoms with Crippen LogP contribution in [0.15, 0.2) is 34.6 Å². The number of nitrogens with zero attached hydrogens (tertiary/aromatic N) is 1. The van der Waals surface area contributed by atoms with Gasteiger partial charge in [-0.25, -0.2) is 8.42 Å². The maximum absolute atomic E-state index is 11.7. The predicted molar refractivity (Wildman–Crippen MR) is 57.9 cm³/mol. The number of allylic oxidation sites excluding steroid dienone is 1. The van der Waals surface area contributed by atoms with Crippen LogP contribution >= 0.6 is 0 Å². The van der Waals surface area contributed by atoms with Crippen LogP contribution in [-0.4, -0.2) is 8.42 Å². The Bertz CT molecular complexity index is 516. The zero-order valence-electron chi connectivity index (χ0n) is 8.56. The maximum atomic E-state index is 11.7. The first-order valence-electron chi connectivity index (χ1n) is 4.35. The molecule has 0 aliphatic heterocycles. The Kier molecular flexibility index (Phi) is 3.28. The number of nitriles is 1. The highest BCUT2D eigenvalue weighted by atomic mass is 32.2. The molecule has 0 atom stereocenters. The van der Waals surface area contributed by atoms with Crippen molar-refractivity contribution in [3.05, 3.63) is 40.8 Å². The molecular weight excluding hydrogens is 210 g/mol. The number of benzene rings is 1. The van der Waals surface area contributed by atoms with Gasteiger partial charge in [0, 0.05) is 11.5 Å². The second kappa shape index (κ2) is 4.28. The molecule has 1 aromatic rings. The summed E-state index contributed by atoms with van der Waals surface area (Å²) in [5.41, 5.74) is 1.78. The zero-order valence-corrected chi connectivity index (χ0v) is 9.38. The second-order valence-corrected chi connectivity index (χ2v) is 5.13. The van der Waals surface area contributed by atoms with Gasteiger partial charge < -0.3 is 0 Å². The molecule has 0 fully saturated rings. The van der Waals surface area contributed by atoms with Crippen molar-refractivity contribution in [3.63, 3.8) is 0 Å². The number of hydrogen-bond acceptors (Lipinski definition) is 3. The Morgan fingerprint density at radius 2 is 1.73 bits per heavy atom. The fourth-order valence-electron chi connectivity index (χ4n) is 1.30.